The molecule has 2 aromatic carbocycles. The molecule has 3 nitrogen and oxygen atoms in total. The number of hydrogen-bond acceptors (Lipinski definition) is 3. The van der Waals surface area contributed by atoms with Crippen molar-refractivity contribution in [2.75, 3.05) is 0 Å². The Labute approximate surface area is 130 Å². The van der Waals surface area contributed by atoms with Gasteiger partial charge < -0.3 is 9.84 Å². The van der Waals surface area contributed by atoms with Crippen LogP contribution in [-0.4, -0.2) is 10.9 Å². The van der Waals surface area contributed by atoms with Crippen molar-refractivity contribution in [3.63, 3.8) is 0 Å². The zero-order valence-electron chi connectivity index (χ0n) is 13.0. The standard InChI is InChI=1S/C19H20O3/c1-19(2,3)16-15-13(20)10-7-11-14(15)22-18(17(16)21)12-8-5-4-6-9-12/h4-11,16,18,20H,1-3H3. The van der Waals surface area contributed by atoms with Gasteiger partial charge in [0.15, 0.2) is 11.9 Å². The fourth-order valence-corrected chi connectivity index (χ4v) is 3.12. The van der Waals surface area contributed by atoms with Crippen molar-refractivity contribution in [1.29, 1.82) is 0 Å². The number of ether oxygens (including phenoxy) is 1. The fraction of sp³-hybridized carbons (Fsp3) is 0.316. The van der Waals surface area contributed by atoms with E-state index in [0.717, 1.165) is 5.56 Å². The largest absolute Gasteiger partial charge is 0.508 e. The molecular weight excluding hydrogens is 276 g/mol. The first-order valence-electron chi connectivity index (χ1n) is 7.47. The number of Topliss-reactive ketones (excluding diaryl/α,β-unsaturated/α-hetero) is 1. The molecule has 1 aliphatic heterocycles. The Balaban J connectivity index is 2.16. The van der Waals surface area contributed by atoms with Crippen LogP contribution in [0, 0.1) is 5.41 Å². The quantitative estimate of drug-likeness (QED) is 0.857. The molecule has 3 rings (SSSR count). The molecule has 2 aromatic rings. The average molecular weight is 296 g/mol. The summed E-state index contributed by atoms with van der Waals surface area (Å²) in [5.74, 6) is 0.307. The van der Waals surface area contributed by atoms with Gasteiger partial charge in [-0.05, 0) is 23.1 Å². The SMILES string of the molecule is CC(C)(C)C1C(=O)C(c2ccccc2)Oc2cccc(O)c21. The number of benzene rings is 2. The highest BCUT2D eigenvalue weighted by Crippen LogP contribution is 2.50. The number of phenols is 1. The first-order chi connectivity index (χ1) is 10.4. The summed E-state index contributed by atoms with van der Waals surface area (Å²) in [4.78, 5) is 13.1. The third-order valence-electron chi connectivity index (χ3n) is 4.09. The fourth-order valence-electron chi connectivity index (χ4n) is 3.12. The van der Waals surface area contributed by atoms with E-state index in [4.69, 9.17) is 4.74 Å². The highest BCUT2D eigenvalue weighted by molar-refractivity contribution is 5.94. The lowest BCUT2D eigenvalue weighted by Crippen LogP contribution is -2.36. The predicted octanol–water partition coefficient (Wildman–Crippen LogP) is 4.22. The van der Waals surface area contributed by atoms with Crippen LogP contribution >= 0.6 is 0 Å². The van der Waals surface area contributed by atoms with E-state index in [1.54, 1.807) is 12.1 Å². The van der Waals surface area contributed by atoms with Crippen LogP contribution in [0.4, 0.5) is 0 Å². The van der Waals surface area contributed by atoms with Crippen molar-refractivity contribution in [3.05, 3.63) is 59.7 Å². The van der Waals surface area contributed by atoms with Gasteiger partial charge in [0.05, 0.1) is 5.92 Å². The lowest BCUT2D eigenvalue weighted by Gasteiger charge is -2.38. The van der Waals surface area contributed by atoms with Gasteiger partial charge in [-0.25, -0.2) is 0 Å². The first-order valence-corrected chi connectivity index (χ1v) is 7.47. The molecule has 0 fully saturated rings. The molecule has 0 spiro atoms. The zero-order valence-corrected chi connectivity index (χ0v) is 13.0. The summed E-state index contributed by atoms with van der Waals surface area (Å²) in [6, 6.07) is 14.7. The van der Waals surface area contributed by atoms with Crippen molar-refractivity contribution >= 4 is 5.78 Å². The molecule has 22 heavy (non-hydrogen) atoms. The van der Waals surface area contributed by atoms with Crippen molar-refractivity contribution in [1.82, 2.24) is 0 Å². The van der Waals surface area contributed by atoms with E-state index in [1.807, 2.05) is 57.2 Å². The maximum Gasteiger partial charge on any atom is 0.186 e. The minimum atomic E-state index is -0.625. The maximum absolute atomic E-state index is 13.1. The number of carbonyl (C=O) groups excluding carboxylic acids is 1. The summed E-state index contributed by atoms with van der Waals surface area (Å²) in [5.41, 5.74) is 1.14. The van der Waals surface area contributed by atoms with E-state index in [9.17, 15) is 9.90 Å². The van der Waals surface area contributed by atoms with Crippen molar-refractivity contribution in [2.45, 2.75) is 32.8 Å². The van der Waals surface area contributed by atoms with Gasteiger partial charge in [0, 0.05) is 5.56 Å². The van der Waals surface area contributed by atoms with Gasteiger partial charge in [-0.3, -0.25) is 4.79 Å². The van der Waals surface area contributed by atoms with Crippen molar-refractivity contribution < 1.29 is 14.6 Å². The third kappa shape index (κ3) is 2.37. The van der Waals surface area contributed by atoms with Gasteiger partial charge in [-0.2, -0.15) is 0 Å². The molecule has 0 aromatic heterocycles. The molecule has 0 saturated carbocycles. The average Bonchev–Trinajstić information content (AvgIpc) is 2.47. The van der Waals surface area contributed by atoms with E-state index in [-0.39, 0.29) is 16.9 Å². The Kier molecular flexibility index (Phi) is 3.44. The lowest BCUT2D eigenvalue weighted by atomic mass is 9.70. The second-order valence-corrected chi connectivity index (χ2v) is 6.80. The molecule has 0 amide bonds. The van der Waals surface area contributed by atoms with Crippen molar-refractivity contribution in [2.24, 2.45) is 5.41 Å². The topological polar surface area (TPSA) is 46.5 Å². The van der Waals surface area contributed by atoms with Gasteiger partial charge in [0.1, 0.15) is 11.5 Å². The summed E-state index contributed by atoms with van der Waals surface area (Å²) >= 11 is 0. The van der Waals surface area contributed by atoms with Crippen LogP contribution in [0.1, 0.15) is 43.9 Å². The van der Waals surface area contributed by atoms with E-state index < -0.39 is 12.0 Å². The van der Waals surface area contributed by atoms with Gasteiger partial charge in [-0.15, -0.1) is 0 Å². The molecule has 3 heteroatoms. The lowest BCUT2D eigenvalue weighted by molar-refractivity contribution is -0.131. The van der Waals surface area contributed by atoms with Gasteiger partial charge in [0.2, 0.25) is 0 Å². The van der Waals surface area contributed by atoms with Crippen LogP contribution in [0.5, 0.6) is 11.5 Å². The molecule has 2 atom stereocenters. The molecule has 1 N–H and O–H groups in total. The van der Waals surface area contributed by atoms with E-state index in [1.165, 1.54) is 0 Å². The highest BCUT2D eigenvalue weighted by atomic mass is 16.5. The number of phenolic OH excluding ortho intramolecular Hbond substituents is 1. The molecule has 0 aliphatic carbocycles. The normalized spacial score (nSPS) is 21.1. The second-order valence-electron chi connectivity index (χ2n) is 6.80. The molecule has 0 radical (unpaired) electrons. The molecule has 1 aliphatic rings. The summed E-state index contributed by atoms with van der Waals surface area (Å²) in [5, 5.41) is 10.2. The molecule has 1 heterocycles. The zero-order chi connectivity index (χ0) is 15.9. The first kappa shape index (κ1) is 14.6. The Morgan fingerprint density at radius 3 is 2.32 bits per heavy atom. The van der Waals surface area contributed by atoms with E-state index >= 15 is 0 Å². The Morgan fingerprint density at radius 2 is 1.68 bits per heavy atom. The van der Waals surface area contributed by atoms with Crippen molar-refractivity contribution in [3.8, 4) is 11.5 Å². The smallest absolute Gasteiger partial charge is 0.186 e. The van der Waals surface area contributed by atoms with E-state index in [0.29, 0.717) is 11.3 Å². The van der Waals surface area contributed by atoms with Gasteiger partial charge in [0.25, 0.3) is 0 Å². The molecule has 0 bridgehead atoms. The summed E-state index contributed by atoms with van der Waals surface area (Å²) in [7, 11) is 0. The summed E-state index contributed by atoms with van der Waals surface area (Å²) in [6.45, 7) is 6.04. The summed E-state index contributed by atoms with van der Waals surface area (Å²) < 4.78 is 5.93. The van der Waals surface area contributed by atoms with E-state index in [2.05, 4.69) is 0 Å². The van der Waals surface area contributed by atoms with Crippen LogP contribution in [-0.2, 0) is 4.79 Å². The second kappa shape index (κ2) is 5.16. The number of ketones is 1. The number of aromatic hydroxyl groups is 1. The van der Waals surface area contributed by atoms with Crippen LogP contribution < -0.4 is 4.74 Å². The molecule has 114 valence electrons. The minimum Gasteiger partial charge on any atom is -0.508 e. The Bertz CT molecular complexity index is 698. The maximum atomic E-state index is 13.1. The predicted molar refractivity (Wildman–Crippen MR) is 85.1 cm³/mol. The van der Waals surface area contributed by atoms with Gasteiger partial charge in [-0.1, -0.05) is 57.2 Å². The summed E-state index contributed by atoms with van der Waals surface area (Å²) in [6.07, 6.45) is -0.625. The third-order valence-corrected chi connectivity index (χ3v) is 4.09. The highest BCUT2D eigenvalue weighted by Gasteiger charge is 2.44. The number of rotatable bonds is 1. The molecule has 0 saturated heterocycles. The molecule has 2 unspecified atom stereocenters. The van der Waals surface area contributed by atoms with Crippen LogP contribution in [0.3, 0.4) is 0 Å². The van der Waals surface area contributed by atoms with Crippen LogP contribution in [0.25, 0.3) is 0 Å². The number of hydrogen-bond donors (Lipinski definition) is 1. The molecular formula is C19H20O3. The number of fused-ring (bicyclic) bond motifs is 1. The van der Waals surface area contributed by atoms with Crippen LogP contribution in [0.15, 0.2) is 48.5 Å². The monoisotopic (exact) mass is 296 g/mol. The Hall–Kier alpha value is -2.29. The Morgan fingerprint density at radius 1 is 1.00 bits per heavy atom. The van der Waals surface area contributed by atoms with Gasteiger partial charge >= 0.3 is 0 Å². The minimum absolute atomic E-state index is 0.00676. The van der Waals surface area contributed by atoms with Crippen LogP contribution in [0.2, 0.25) is 0 Å². The number of carbonyl (C=O) groups is 1.